The number of halogens is 2. The molecule has 2 aromatic heterocycles. The first-order valence-electron chi connectivity index (χ1n) is 9.95. The van der Waals surface area contributed by atoms with Gasteiger partial charge in [0.05, 0.1) is 17.4 Å². The number of phenols is 1. The highest BCUT2D eigenvalue weighted by Gasteiger charge is 2.43. The van der Waals surface area contributed by atoms with Crippen molar-refractivity contribution in [1.82, 2.24) is 14.9 Å². The lowest BCUT2D eigenvalue weighted by Gasteiger charge is -2.29. The number of nitrogens with one attached hydrogen (secondary N) is 1. The van der Waals surface area contributed by atoms with Crippen LogP contribution in [0, 0.1) is 5.82 Å². The molecule has 4 aromatic rings. The Balaban J connectivity index is 1.69. The maximum absolute atomic E-state index is 13.5. The first kappa shape index (κ1) is 20.5. The van der Waals surface area contributed by atoms with Gasteiger partial charge < -0.3 is 19.9 Å². The van der Waals surface area contributed by atoms with E-state index in [0.29, 0.717) is 15.8 Å². The Morgan fingerprint density at radius 2 is 1.84 bits per heavy atom. The van der Waals surface area contributed by atoms with Crippen molar-refractivity contribution >= 4 is 34.6 Å². The van der Waals surface area contributed by atoms with Gasteiger partial charge in [-0.15, -0.1) is 0 Å². The van der Waals surface area contributed by atoms with Gasteiger partial charge in [-0.2, -0.15) is 0 Å². The third-order valence-corrected chi connectivity index (χ3v) is 6.03. The summed E-state index contributed by atoms with van der Waals surface area (Å²) in [5.74, 6) is -0.242. The topological polar surface area (TPSA) is 53.3 Å². The van der Waals surface area contributed by atoms with Crippen LogP contribution in [0.4, 0.5) is 10.1 Å². The van der Waals surface area contributed by atoms with Crippen molar-refractivity contribution in [1.29, 1.82) is 0 Å². The van der Waals surface area contributed by atoms with Gasteiger partial charge in [0.2, 0.25) is 0 Å². The molecule has 0 radical (unpaired) electrons. The van der Waals surface area contributed by atoms with E-state index in [4.69, 9.17) is 23.8 Å². The van der Waals surface area contributed by atoms with Crippen molar-refractivity contribution in [2.45, 2.75) is 12.1 Å². The van der Waals surface area contributed by atoms with Crippen molar-refractivity contribution in [3.05, 3.63) is 107 Å². The quantitative estimate of drug-likeness (QED) is 0.388. The molecular formula is C24H18ClFN4OS. The zero-order chi connectivity index (χ0) is 22.2. The Hall–Kier alpha value is -3.42. The standard InChI is InChI=1S/C24H18ClFN4OS/c25-15-6-11-21(31)20(14-15)30-23(22(28-24(30)32)18-4-1-2-12-27-18)19-5-3-13-29(19)17-9-7-16(26)8-10-17/h1-14,22-23,31H,(H,28,32)/t22-,23-/m0/s1. The minimum Gasteiger partial charge on any atom is -0.506 e. The smallest absolute Gasteiger partial charge is 0.174 e. The zero-order valence-electron chi connectivity index (χ0n) is 16.7. The molecule has 1 saturated heterocycles. The SMILES string of the molecule is Oc1ccc(Cl)cc1N1C(=S)N[C@@H](c2ccccn2)[C@@H]1c1cccn1-c1ccc(F)cc1. The number of rotatable bonds is 4. The van der Waals surface area contributed by atoms with Crippen LogP contribution in [0.2, 0.25) is 5.02 Å². The van der Waals surface area contributed by atoms with Crippen LogP contribution in [0.3, 0.4) is 0 Å². The maximum atomic E-state index is 13.5. The summed E-state index contributed by atoms with van der Waals surface area (Å²) in [5.41, 5.74) is 2.99. The third kappa shape index (κ3) is 3.59. The molecule has 2 aromatic carbocycles. The summed E-state index contributed by atoms with van der Waals surface area (Å²) in [6.07, 6.45) is 3.64. The van der Waals surface area contributed by atoms with E-state index in [2.05, 4.69) is 10.3 Å². The van der Waals surface area contributed by atoms with E-state index in [1.54, 1.807) is 36.5 Å². The molecule has 0 bridgehead atoms. The molecule has 0 saturated carbocycles. The summed E-state index contributed by atoms with van der Waals surface area (Å²) in [4.78, 5) is 6.39. The fourth-order valence-electron chi connectivity index (χ4n) is 4.08. The largest absolute Gasteiger partial charge is 0.506 e. The van der Waals surface area contributed by atoms with Crippen molar-refractivity contribution in [3.63, 3.8) is 0 Å². The summed E-state index contributed by atoms with van der Waals surface area (Å²) in [6, 6.07) is 20.1. The van der Waals surface area contributed by atoms with Gasteiger partial charge in [0.1, 0.15) is 17.6 Å². The van der Waals surface area contributed by atoms with Crippen LogP contribution < -0.4 is 10.2 Å². The predicted octanol–water partition coefficient (Wildman–Crippen LogP) is 5.55. The molecule has 32 heavy (non-hydrogen) atoms. The van der Waals surface area contributed by atoms with Crippen LogP contribution in [0.1, 0.15) is 23.5 Å². The van der Waals surface area contributed by atoms with Crippen LogP contribution in [-0.2, 0) is 0 Å². The van der Waals surface area contributed by atoms with Crippen LogP contribution in [-0.4, -0.2) is 19.8 Å². The number of nitrogens with zero attached hydrogens (tertiary/aromatic N) is 3. The van der Waals surface area contributed by atoms with Crippen LogP contribution >= 0.6 is 23.8 Å². The Kier molecular flexibility index (Phi) is 5.28. The van der Waals surface area contributed by atoms with E-state index in [1.165, 1.54) is 12.1 Å². The minimum atomic E-state index is -0.359. The molecule has 0 amide bonds. The monoisotopic (exact) mass is 464 g/mol. The normalized spacial score (nSPS) is 18.1. The molecule has 5 rings (SSSR count). The minimum absolute atomic E-state index is 0.0603. The van der Waals surface area contributed by atoms with E-state index < -0.39 is 0 Å². The highest BCUT2D eigenvalue weighted by molar-refractivity contribution is 7.80. The van der Waals surface area contributed by atoms with Crippen LogP contribution in [0.5, 0.6) is 5.75 Å². The van der Waals surface area contributed by atoms with E-state index in [0.717, 1.165) is 17.1 Å². The van der Waals surface area contributed by atoms with Gasteiger partial charge in [0.25, 0.3) is 0 Å². The summed E-state index contributed by atoms with van der Waals surface area (Å²) >= 11 is 12.0. The molecule has 160 valence electrons. The Morgan fingerprint density at radius 1 is 1.03 bits per heavy atom. The number of hydrogen-bond acceptors (Lipinski definition) is 3. The van der Waals surface area contributed by atoms with Crippen LogP contribution in [0.25, 0.3) is 5.69 Å². The lowest BCUT2D eigenvalue weighted by Crippen LogP contribution is -2.30. The fraction of sp³-hybridized carbons (Fsp3) is 0.0833. The second kappa shape index (κ2) is 8.26. The molecule has 0 unspecified atom stereocenters. The Labute approximate surface area is 194 Å². The molecule has 2 N–H and O–H groups in total. The summed E-state index contributed by atoms with van der Waals surface area (Å²) in [5, 5.41) is 14.9. The van der Waals surface area contributed by atoms with Gasteiger partial charge in [0.15, 0.2) is 5.11 Å². The van der Waals surface area contributed by atoms with E-state index in [1.807, 2.05) is 46.0 Å². The Bertz CT molecular complexity index is 1280. The van der Waals surface area contributed by atoms with Gasteiger partial charge in [0, 0.05) is 28.8 Å². The number of anilines is 1. The first-order chi connectivity index (χ1) is 15.5. The lowest BCUT2D eigenvalue weighted by atomic mass is 10.0. The highest BCUT2D eigenvalue weighted by atomic mass is 35.5. The molecule has 0 spiro atoms. The second-order valence-electron chi connectivity index (χ2n) is 7.41. The lowest BCUT2D eigenvalue weighted by molar-refractivity contribution is 0.472. The number of benzene rings is 2. The molecule has 1 fully saturated rings. The molecule has 0 aliphatic carbocycles. The zero-order valence-corrected chi connectivity index (χ0v) is 18.3. The van der Waals surface area contributed by atoms with Crippen molar-refractivity contribution in [3.8, 4) is 11.4 Å². The first-order valence-corrected chi connectivity index (χ1v) is 10.7. The molecule has 3 heterocycles. The molecule has 5 nitrogen and oxygen atoms in total. The number of pyridine rings is 1. The van der Waals surface area contributed by atoms with Gasteiger partial charge in [-0.3, -0.25) is 4.98 Å². The highest BCUT2D eigenvalue weighted by Crippen LogP contribution is 2.45. The Morgan fingerprint density at radius 3 is 2.59 bits per heavy atom. The predicted molar refractivity (Wildman–Crippen MR) is 127 cm³/mol. The van der Waals surface area contributed by atoms with Gasteiger partial charge in [-0.05, 0) is 78.9 Å². The molecule has 1 aliphatic heterocycles. The number of phenolic OH excluding ortho intramolecular Hbond substituents is 1. The van der Waals surface area contributed by atoms with Crippen molar-refractivity contribution < 1.29 is 9.50 Å². The molecule has 2 atom stereocenters. The number of aromatic hydroxyl groups is 1. The van der Waals surface area contributed by atoms with Gasteiger partial charge in [-0.25, -0.2) is 4.39 Å². The van der Waals surface area contributed by atoms with E-state index in [9.17, 15) is 9.50 Å². The van der Waals surface area contributed by atoms with Gasteiger partial charge >= 0.3 is 0 Å². The maximum Gasteiger partial charge on any atom is 0.174 e. The average Bonchev–Trinajstić information content (AvgIpc) is 3.41. The molecule has 8 heteroatoms. The third-order valence-electron chi connectivity index (χ3n) is 5.48. The van der Waals surface area contributed by atoms with Crippen molar-refractivity contribution in [2.75, 3.05) is 4.90 Å². The van der Waals surface area contributed by atoms with Crippen molar-refractivity contribution in [2.24, 2.45) is 0 Å². The average molecular weight is 465 g/mol. The van der Waals surface area contributed by atoms with Gasteiger partial charge in [-0.1, -0.05) is 17.7 Å². The van der Waals surface area contributed by atoms with E-state index >= 15 is 0 Å². The second-order valence-corrected chi connectivity index (χ2v) is 8.23. The summed E-state index contributed by atoms with van der Waals surface area (Å²) in [6.45, 7) is 0. The van der Waals surface area contributed by atoms with Crippen LogP contribution in [0.15, 0.2) is 85.2 Å². The number of aromatic nitrogens is 2. The molecular weight excluding hydrogens is 447 g/mol. The number of hydrogen-bond donors (Lipinski definition) is 2. The summed E-state index contributed by atoms with van der Waals surface area (Å²) in [7, 11) is 0. The molecule has 1 aliphatic rings. The fourth-order valence-corrected chi connectivity index (χ4v) is 4.58. The number of thiocarbonyl (C=S) groups is 1. The summed E-state index contributed by atoms with van der Waals surface area (Å²) < 4.78 is 15.5. The van der Waals surface area contributed by atoms with E-state index in [-0.39, 0.29) is 23.7 Å².